The molecule has 16 heavy (non-hydrogen) atoms. The van der Waals surface area contributed by atoms with Crippen LogP contribution in [-0.2, 0) is 12.3 Å². The number of hydrogen-bond donors (Lipinski definition) is 1. The fraction of sp³-hybridized carbons (Fsp3) is 0.538. The highest BCUT2D eigenvalue weighted by Gasteiger charge is 2.04. The van der Waals surface area contributed by atoms with Crippen molar-refractivity contribution in [2.24, 2.45) is 11.7 Å². The number of hydrogen-bond acceptors (Lipinski definition) is 2. The Labute approximate surface area is 102 Å². The molecule has 1 unspecified atom stereocenters. The predicted octanol–water partition coefficient (Wildman–Crippen LogP) is 3.56. The standard InChI is InChI=1S/C13H20FNS/c1-3-10(2)8-16-9-11-4-5-13(14)6-12(11)7-15/h4-6,10H,3,7-9,15H2,1-2H3. The van der Waals surface area contributed by atoms with Crippen molar-refractivity contribution in [3.8, 4) is 0 Å². The van der Waals surface area contributed by atoms with Gasteiger partial charge in [0, 0.05) is 12.3 Å². The van der Waals surface area contributed by atoms with E-state index in [4.69, 9.17) is 5.73 Å². The zero-order valence-corrected chi connectivity index (χ0v) is 10.8. The maximum atomic E-state index is 13.0. The largest absolute Gasteiger partial charge is 0.326 e. The van der Waals surface area contributed by atoms with Crippen LogP contribution in [0.3, 0.4) is 0 Å². The summed E-state index contributed by atoms with van der Waals surface area (Å²) in [6.07, 6.45) is 1.21. The average molecular weight is 241 g/mol. The monoisotopic (exact) mass is 241 g/mol. The van der Waals surface area contributed by atoms with Gasteiger partial charge in [0.2, 0.25) is 0 Å². The zero-order chi connectivity index (χ0) is 12.0. The number of nitrogens with two attached hydrogens (primary N) is 1. The lowest BCUT2D eigenvalue weighted by Crippen LogP contribution is -2.02. The van der Waals surface area contributed by atoms with E-state index in [-0.39, 0.29) is 5.82 Å². The Balaban J connectivity index is 2.53. The van der Waals surface area contributed by atoms with Crippen LogP contribution in [0.1, 0.15) is 31.4 Å². The summed E-state index contributed by atoms with van der Waals surface area (Å²) in [5.41, 5.74) is 7.69. The SMILES string of the molecule is CCC(C)CSCc1ccc(F)cc1CN. The molecule has 3 heteroatoms. The molecule has 0 saturated heterocycles. The van der Waals surface area contributed by atoms with Crippen LogP contribution in [0.5, 0.6) is 0 Å². The molecule has 0 radical (unpaired) electrons. The first-order valence-corrected chi connectivity index (χ1v) is 6.88. The van der Waals surface area contributed by atoms with E-state index >= 15 is 0 Å². The van der Waals surface area contributed by atoms with Gasteiger partial charge in [0.05, 0.1) is 0 Å². The molecule has 1 aromatic rings. The van der Waals surface area contributed by atoms with Gasteiger partial charge in [-0.05, 0) is 34.9 Å². The molecule has 0 aliphatic heterocycles. The molecule has 0 aromatic heterocycles. The van der Waals surface area contributed by atoms with Gasteiger partial charge in [-0.1, -0.05) is 26.3 Å². The summed E-state index contributed by atoms with van der Waals surface area (Å²) < 4.78 is 13.0. The summed E-state index contributed by atoms with van der Waals surface area (Å²) >= 11 is 1.90. The van der Waals surface area contributed by atoms with Crippen LogP contribution in [-0.4, -0.2) is 5.75 Å². The second-order valence-corrected chi connectivity index (χ2v) is 5.18. The molecule has 0 fully saturated rings. The molecule has 1 atom stereocenters. The van der Waals surface area contributed by atoms with Gasteiger partial charge in [-0.3, -0.25) is 0 Å². The van der Waals surface area contributed by atoms with Crippen LogP contribution in [0, 0.1) is 11.7 Å². The molecule has 1 nitrogen and oxygen atoms in total. The van der Waals surface area contributed by atoms with Crippen LogP contribution in [0.2, 0.25) is 0 Å². The Hall–Kier alpha value is -0.540. The van der Waals surface area contributed by atoms with Crippen LogP contribution >= 0.6 is 11.8 Å². The lowest BCUT2D eigenvalue weighted by Gasteiger charge is -2.10. The molecule has 0 saturated carbocycles. The fourth-order valence-electron chi connectivity index (χ4n) is 1.41. The van der Waals surface area contributed by atoms with E-state index in [1.54, 1.807) is 6.07 Å². The van der Waals surface area contributed by atoms with Gasteiger partial charge in [0.1, 0.15) is 5.82 Å². The van der Waals surface area contributed by atoms with E-state index in [1.807, 2.05) is 17.8 Å². The van der Waals surface area contributed by atoms with Crippen molar-refractivity contribution in [1.29, 1.82) is 0 Å². The molecule has 0 amide bonds. The second kappa shape index (κ2) is 6.92. The van der Waals surface area contributed by atoms with E-state index < -0.39 is 0 Å². The van der Waals surface area contributed by atoms with Gasteiger partial charge in [-0.25, -0.2) is 4.39 Å². The predicted molar refractivity (Wildman–Crippen MR) is 69.9 cm³/mol. The van der Waals surface area contributed by atoms with Crippen LogP contribution in [0.25, 0.3) is 0 Å². The molecule has 1 rings (SSSR count). The Kier molecular flexibility index (Phi) is 5.85. The number of halogens is 1. The summed E-state index contributed by atoms with van der Waals surface area (Å²) in [6.45, 7) is 4.87. The van der Waals surface area contributed by atoms with Gasteiger partial charge >= 0.3 is 0 Å². The van der Waals surface area contributed by atoms with Gasteiger partial charge in [-0.2, -0.15) is 11.8 Å². The molecular weight excluding hydrogens is 221 g/mol. The minimum Gasteiger partial charge on any atom is -0.326 e. The van der Waals surface area contributed by atoms with Crippen molar-refractivity contribution in [2.45, 2.75) is 32.6 Å². The maximum Gasteiger partial charge on any atom is 0.123 e. The maximum absolute atomic E-state index is 13.0. The number of benzene rings is 1. The van der Waals surface area contributed by atoms with E-state index in [1.165, 1.54) is 12.5 Å². The molecular formula is C13H20FNS. The van der Waals surface area contributed by atoms with E-state index in [0.717, 1.165) is 28.6 Å². The average Bonchev–Trinajstić information content (AvgIpc) is 2.30. The molecule has 0 bridgehead atoms. The summed E-state index contributed by atoms with van der Waals surface area (Å²) in [5, 5.41) is 0. The van der Waals surface area contributed by atoms with Crippen molar-refractivity contribution < 1.29 is 4.39 Å². The molecule has 90 valence electrons. The molecule has 0 heterocycles. The molecule has 0 aliphatic carbocycles. The third-order valence-corrected chi connectivity index (χ3v) is 4.06. The Morgan fingerprint density at radius 1 is 1.38 bits per heavy atom. The van der Waals surface area contributed by atoms with Gasteiger partial charge in [0.25, 0.3) is 0 Å². The summed E-state index contributed by atoms with van der Waals surface area (Å²) in [6, 6.07) is 4.90. The minimum atomic E-state index is -0.198. The molecule has 0 spiro atoms. The lowest BCUT2D eigenvalue weighted by molar-refractivity contribution is 0.624. The molecule has 1 aromatic carbocycles. The van der Waals surface area contributed by atoms with Crippen LogP contribution in [0.15, 0.2) is 18.2 Å². The first-order chi connectivity index (χ1) is 7.67. The van der Waals surface area contributed by atoms with E-state index in [9.17, 15) is 4.39 Å². The minimum absolute atomic E-state index is 0.198. The lowest BCUT2D eigenvalue weighted by atomic mass is 10.1. The van der Waals surface area contributed by atoms with Crippen LogP contribution in [0.4, 0.5) is 4.39 Å². The van der Waals surface area contributed by atoms with Crippen molar-refractivity contribution in [3.05, 3.63) is 35.1 Å². The summed E-state index contributed by atoms with van der Waals surface area (Å²) in [4.78, 5) is 0. The normalized spacial score (nSPS) is 12.8. The van der Waals surface area contributed by atoms with Crippen molar-refractivity contribution >= 4 is 11.8 Å². The molecule has 2 N–H and O–H groups in total. The molecule has 0 aliphatic rings. The first kappa shape index (κ1) is 13.5. The van der Waals surface area contributed by atoms with Crippen molar-refractivity contribution in [1.82, 2.24) is 0 Å². The highest BCUT2D eigenvalue weighted by atomic mass is 32.2. The number of thioether (sulfide) groups is 1. The third kappa shape index (κ3) is 4.14. The Morgan fingerprint density at radius 2 is 2.12 bits per heavy atom. The highest BCUT2D eigenvalue weighted by molar-refractivity contribution is 7.98. The summed E-state index contributed by atoms with van der Waals surface area (Å²) in [7, 11) is 0. The third-order valence-electron chi connectivity index (χ3n) is 2.75. The van der Waals surface area contributed by atoms with E-state index in [0.29, 0.717) is 6.54 Å². The smallest absolute Gasteiger partial charge is 0.123 e. The number of rotatable bonds is 6. The van der Waals surface area contributed by atoms with Crippen molar-refractivity contribution in [2.75, 3.05) is 5.75 Å². The van der Waals surface area contributed by atoms with E-state index in [2.05, 4.69) is 13.8 Å². The zero-order valence-electron chi connectivity index (χ0n) is 10.0. The Morgan fingerprint density at radius 3 is 2.75 bits per heavy atom. The van der Waals surface area contributed by atoms with Crippen LogP contribution < -0.4 is 5.73 Å². The van der Waals surface area contributed by atoms with Gasteiger partial charge in [-0.15, -0.1) is 0 Å². The first-order valence-electron chi connectivity index (χ1n) is 5.72. The fourth-order valence-corrected chi connectivity index (χ4v) is 2.67. The highest BCUT2D eigenvalue weighted by Crippen LogP contribution is 2.20. The summed E-state index contributed by atoms with van der Waals surface area (Å²) in [5.74, 6) is 2.62. The van der Waals surface area contributed by atoms with Gasteiger partial charge < -0.3 is 5.73 Å². The second-order valence-electron chi connectivity index (χ2n) is 4.15. The quantitative estimate of drug-likeness (QED) is 0.824. The topological polar surface area (TPSA) is 26.0 Å². The van der Waals surface area contributed by atoms with Gasteiger partial charge in [0.15, 0.2) is 0 Å². The van der Waals surface area contributed by atoms with Crippen molar-refractivity contribution in [3.63, 3.8) is 0 Å². The Bertz CT molecular complexity index is 328.